The number of benzene rings is 4. The third kappa shape index (κ3) is 2.98. The molecule has 0 spiro atoms. The lowest BCUT2D eigenvalue weighted by molar-refractivity contribution is -0.659. The van der Waals surface area contributed by atoms with Crippen LogP contribution in [-0.4, -0.2) is 0 Å². The topological polar surface area (TPSA) is 13.1 Å². The molecule has 2 nitrogen and oxygen atoms in total. The van der Waals surface area contributed by atoms with Crippen molar-refractivity contribution >= 4 is 32.3 Å². The third-order valence-electron chi connectivity index (χ3n) is 7.40. The normalized spacial score (nSPS) is 12.9. The molecule has 1 aliphatic rings. The van der Waals surface area contributed by atoms with Gasteiger partial charge in [0.05, 0.1) is 10.9 Å². The molecule has 1 aliphatic heterocycles. The van der Waals surface area contributed by atoms with Crippen molar-refractivity contribution in [3.05, 3.63) is 77.0 Å². The minimum atomic E-state index is 0.138. The van der Waals surface area contributed by atoms with Crippen LogP contribution in [-0.2, 0) is 13.5 Å². The number of aromatic nitrogens is 1. The van der Waals surface area contributed by atoms with Gasteiger partial charge in [-0.15, -0.1) is 0 Å². The quantitative estimate of drug-likeness (QED) is 0.183. The highest BCUT2D eigenvalue weighted by molar-refractivity contribution is 6.16. The highest BCUT2D eigenvalue weighted by Gasteiger charge is 2.34. The van der Waals surface area contributed by atoms with Gasteiger partial charge in [0.15, 0.2) is 6.20 Å². The van der Waals surface area contributed by atoms with Crippen molar-refractivity contribution < 1.29 is 9.30 Å². The van der Waals surface area contributed by atoms with Crippen LogP contribution in [0.15, 0.2) is 54.7 Å². The Bertz CT molecular complexity index is 1670. The largest absolute Gasteiger partial charge is 0.455 e. The van der Waals surface area contributed by atoms with Crippen molar-refractivity contribution in [2.45, 2.75) is 48.0 Å². The fourth-order valence-corrected chi connectivity index (χ4v) is 5.84. The smallest absolute Gasteiger partial charge is 0.228 e. The zero-order valence-corrected chi connectivity index (χ0v) is 21.3. The van der Waals surface area contributed by atoms with E-state index >= 15 is 0 Å². The Balaban J connectivity index is 1.83. The zero-order valence-electron chi connectivity index (χ0n) is 21.3. The lowest BCUT2D eigenvalue weighted by Crippen LogP contribution is -2.32. The van der Waals surface area contributed by atoms with Crippen molar-refractivity contribution in [2.24, 2.45) is 12.5 Å². The monoisotopic (exact) mass is 446 g/mol. The summed E-state index contributed by atoms with van der Waals surface area (Å²) in [6.45, 7) is 13.6. The van der Waals surface area contributed by atoms with E-state index in [0.717, 1.165) is 17.9 Å². The van der Waals surface area contributed by atoms with Crippen molar-refractivity contribution in [2.75, 3.05) is 0 Å². The van der Waals surface area contributed by atoms with Gasteiger partial charge in [0.1, 0.15) is 18.5 Å². The van der Waals surface area contributed by atoms with E-state index in [1.165, 1.54) is 65.8 Å². The summed E-state index contributed by atoms with van der Waals surface area (Å²) in [7, 11) is 2.16. The van der Waals surface area contributed by atoms with Crippen LogP contribution in [0.5, 0.6) is 11.5 Å². The Morgan fingerprint density at radius 1 is 0.824 bits per heavy atom. The first kappa shape index (κ1) is 21.2. The first-order valence-corrected chi connectivity index (χ1v) is 12.2. The van der Waals surface area contributed by atoms with E-state index in [0.29, 0.717) is 0 Å². The second-order valence-corrected chi connectivity index (χ2v) is 11.3. The molecule has 0 fully saturated rings. The molecule has 4 aromatic carbocycles. The summed E-state index contributed by atoms with van der Waals surface area (Å²) in [5, 5.41) is 7.67. The van der Waals surface area contributed by atoms with Gasteiger partial charge in [-0.25, -0.2) is 4.57 Å². The highest BCUT2D eigenvalue weighted by Crippen LogP contribution is 2.52. The predicted octanol–water partition coefficient (Wildman–Crippen LogP) is 8.26. The van der Waals surface area contributed by atoms with Crippen LogP contribution in [0, 0.1) is 26.2 Å². The molecule has 0 radical (unpaired) electrons. The molecule has 1 aromatic heterocycles. The molecular weight excluding hydrogens is 414 g/mol. The Hall–Kier alpha value is -3.39. The van der Waals surface area contributed by atoms with E-state index < -0.39 is 0 Å². The van der Waals surface area contributed by atoms with E-state index in [1.54, 1.807) is 0 Å². The van der Waals surface area contributed by atoms with Gasteiger partial charge in [0.2, 0.25) is 5.69 Å². The number of ether oxygens (including phenoxy) is 1. The molecule has 0 saturated carbocycles. The third-order valence-corrected chi connectivity index (χ3v) is 7.40. The minimum absolute atomic E-state index is 0.138. The summed E-state index contributed by atoms with van der Waals surface area (Å²) in [5.74, 6) is 2.00. The number of hydrogen-bond donors (Lipinski definition) is 0. The molecule has 2 heterocycles. The number of aryl methyl sites for hydroxylation is 4. The van der Waals surface area contributed by atoms with Gasteiger partial charge in [-0.05, 0) is 71.3 Å². The average molecular weight is 447 g/mol. The van der Waals surface area contributed by atoms with Crippen molar-refractivity contribution in [1.29, 1.82) is 0 Å². The molecule has 0 unspecified atom stereocenters. The van der Waals surface area contributed by atoms with Gasteiger partial charge in [-0.3, -0.25) is 0 Å². The van der Waals surface area contributed by atoms with Crippen LogP contribution < -0.4 is 9.30 Å². The SMILES string of the molecule is Cc1ccc2c(CC(C)(C)C)c3c(c(C)c2c1)-c1c2c(cc4c(C)cccc4c2cc[n+]1C)O3. The first-order chi connectivity index (χ1) is 16.1. The van der Waals surface area contributed by atoms with E-state index in [9.17, 15) is 0 Å². The molecular formula is C32H32NO+. The minimum Gasteiger partial charge on any atom is -0.455 e. The molecule has 0 atom stereocenters. The molecule has 170 valence electrons. The molecule has 0 bridgehead atoms. The molecule has 34 heavy (non-hydrogen) atoms. The number of pyridine rings is 1. The number of nitrogens with zero attached hydrogens (tertiary/aromatic N) is 1. The van der Waals surface area contributed by atoms with Crippen molar-refractivity contribution in [1.82, 2.24) is 0 Å². The van der Waals surface area contributed by atoms with E-state index in [-0.39, 0.29) is 5.41 Å². The summed E-state index contributed by atoms with van der Waals surface area (Å²) in [6, 6.07) is 18.0. The second-order valence-electron chi connectivity index (χ2n) is 11.3. The van der Waals surface area contributed by atoms with Gasteiger partial charge < -0.3 is 4.74 Å². The van der Waals surface area contributed by atoms with Crippen LogP contribution in [0.1, 0.15) is 43.0 Å². The Labute approximate surface area is 201 Å². The molecule has 0 N–H and O–H groups in total. The average Bonchev–Trinajstić information content (AvgIpc) is 2.78. The zero-order chi connectivity index (χ0) is 23.9. The fourth-order valence-electron chi connectivity index (χ4n) is 5.84. The standard InChI is InChI=1S/C32H32NO/c1-18-11-12-22-25(15-18)20(3)28-30-29-23(13-14-33(30)7)21-10-8-9-19(2)24(21)16-27(29)34-31(28)26(22)17-32(4,5)6/h8-16H,17H2,1-7H3/q+1. The number of hydrogen-bond acceptors (Lipinski definition) is 1. The van der Waals surface area contributed by atoms with E-state index in [2.05, 4.69) is 108 Å². The maximum atomic E-state index is 6.95. The van der Waals surface area contributed by atoms with Gasteiger partial charge in [-0.2, -0.15) is 0 Å². The summed E-state index contributed by atoms with van der Waals surface area (Å²) >= 11 is 0. The maximum Gasteiger partial charge on any atom is 0.228 e. The number of fused-ring (bicyclic) bond motifs is 5. The molecule has 0 aliphatic carbocycles. The maximum absolute atomic E-state index is 6.95. The summed E-state index contributed by atoms with van der Waals surface area (Å²) in [6.07, 6.45) is 3.17. The molecule has 0 amide bonds. The molecule has 0 saturated heterocycles. The van der Waals surface area contributed by atoms with E-state index in [1.807, 2.05) is 0 Å². The van der Waals surface area contributed by atoms with Gasteiger partial charge in [0, 0.05) is 17.0 Å². The summed E-state index contributed by atoms with van der Waals surface area (Å²) < 4.78 is 9.23. The van der Waals surface area contributed by atoms with Gasteiger partial charge in [0.25, 0.3) is 0 Å². The Morgan fingerprint density at radius 2 is 1.62 bits per heavy atom. The fraction of sp³-hybridized carbons (Fsp3) is 0.281. The lowest BCUT2D eigenvalue weighted by Gasteiger charge is -2.28. The van der Waals surface area contributed by atoms with Crippen molar-refractivity contribution in [3.8, 4) is 22.8 Å². The molecule has 6 rings (SSSR count). The Kier molecular flexibility index (Phi) is 4.39. The van der Waals surface area contributed by atoms with Crippen LogP contribution >= 0.6 is 0 Å². The molecule has 2 heteroatoms. The summed E-state index contributed by atoms with van der Waals surface area (Å²) in [5.41, 5.74) is 7.81. The van der Waals surface area contributed by atoms with Crippen LogP contribution in [0.4, 0.5) is 0 Å². The van der Waals surface area contributed by atoms with Crippen LogP contribution in [0.2, 0.25) is 0 Å². The first-order valence-electron chi connectivity index (χ1n) is 12.2. The highest BCUT2D eigenvalue weighted by atomic mass is 16.5. The van der Waals surface area contributed by atoms with Gasteiger partial charge >= 0.3 is 0 Å². The Morgan fingerprint density at radius 3 is 2.38 bits per heavy atom. The molecule has 5 aromatic rings. The second kappa shape index (κ2) is 7.06. The predicted molar refractivity (Wildman–Crippen MR) is 143 cm³/mol. The van der Waals surface area contributed by atoms with Crippen LogP contribution in [0.3, 0.4) is 0 Å². The van der Waals surface area contributed by atoms with Crippen molar-refractivity contribution in [3.63, 3.8) is 0 Å². The summed E-state index contributed by atoms with van der Waals surface area (Å²) in [4.78, 5) is 0. The van der Waals surface area contributed by atoms with Gasteiger partial charge in [-0.1, -0.05) is 62.7 Å². The van der Waals surface area contributed by atoms with Crippen LogP contribution in [0.25, 0.3) is 43.6 Å². The van der Waals surface area contributed by atoms with E-state index in [4.69, 9.17) is 4.74 Å². The lowest BCUT2D eigenvalue weighted by atomic mass is 9.81. The number of rotatable bonds is 1.